The summed E-state index contributed by atoms with van der Waals surface area (Å²) < 4.78 is 2.53. The van der Waals surface area contributed by atoms with Crippen LogP contribution in [0.4, 0.5) is 0 Å². The fraction of sp³-hybridized carbons (Fsp3) is 0.600. The van der Waals surface area contributed by atoms with Crippen LogP contribution >= 0.6 is 11.9 Å². The molecule has 0 aromatic carbocycles. The van der Waals surface area contributed by atoms with Gasteiger partial charge in [0.15, 0.2) is 0 Å². The molecule has 1 atom stereocenters. The van der Waals surface area contributed by atoms with Crippen LogP contribution in [0.1, 0.15) is 0 Å². The second kappa shape index (κ2) is 6.14. The lowest BCUT2D eigenvalue weighted by molar-refractivity contribution is -0.135. The highest BCUT2D eigenvalue weighted by molar-refractivity contribution is 7.97. The Morgan fingerprint density at radius 1 is 1.82 bits per heavy atom. The van der Waals surface area contributed by atoms with Gasteiger partial charge in [0, 0.05) is 5.75 Å². The summed E-state index contributed by atoms with van der Waals surface area (Å²) in [6, 6.07) is -0.527. The molecule has 0 rings (SSSR count). The standard InChI is InChI=1S/C5H10N2O3S/c6-4(2-8)3-11-7-1-5(9)10/h2,4,7H,1,3,6H2,(H,9,10)/t4-/m1/s1. The van der Waals surface area contributed by atoms with Crippen molar-refractivity contribution in [2.45, 2.75) is 6.04 Å². The molecule has 0 aliphatic carbocycles. The smallest absolute Gasteiger partial charge is 0.318 e. The van der Waals surface area contributed by atoms with E-state index in [1.807, 2.05) is 0 Å². The van der Waals surface area contributed by atoms with E-state index in [0.717, 1.165) is 11.9 Å². The SMILES string of the molecule is N[C@H](C=O)CSNCC(=O)O. The van der Waals surface area contributed by atoms with Gasteiger partial charge in [-0.25, -0.2) is 0 Å². The normalized spacial score (nSPS) is 12.5. The summed E-state index contributed by atoms with van der Waals surface area (Å²) >= 11 is 1.13. The monoisotopic (exact) mass is 178 g/mol. The van der Waals surface area contributed by atoms with Gasteiger partial charge in [-0.15, -0.1) is 0 Å². The predicted octanol–water partition coefficient (Wildman–Crippen LogP) is -1.16. The molecule has 0 heterocycles. The van der Waals surface area contributed by atoms with E-state index in [1.54, 1.807) is 0 Å². The van der Waals surface area contributed by atoms with Crippen LogP contribution in [0.25, 0.3) is 0 Å². The minimum atomic E-state index is -0.933. The summed E-state index contributed by atoms with van der Waals surface area (Å²) in [6.07, 6.45) is 0.620. The molecule has 0 spiro atoms. The molecule has 0 saturated carbocycles. The van der Waals surface area contributed by atoms with E-state index in [0.29, 0.717) is 12.0 Å². The Hall–Kier alpha value is -0.590. The molecule has 0 aromatic heterocycles. The summed E-state index contributed by atoms with van der Waals surface area (Å²) in [4.78, 5) is 19.9. The average molecular weight is 178 g/mol. The van der Waals surface area contributed by atoms with Gasteiger partial charge in [0.2, 0.25) is 0 Å². The third-order valence-electron chi connectivity index (χ3n) is 0.776. The van der Waals surface area contributed by atoms with Crippen LogP contribution in [-0.4, -0.2) is 35.7 Å². The highest BCUT2D eigenvalue weighted by atomic mass is 32.2. The third kappa shape index (κ3) is 7.31. The molecule has 0 aromatic rings. The molecule has 0 unspecified atom stereocenters. The topological polar surface area (TPSA) is 92.4 Å². The summed E-state index contributed by atoms with van der Waals surface area (Å²) in [5.74, 6) is -0.547. The first kappa shape index (κ1) is 10.4. The second-order valence-corrected chi connectivity index (χ2v) is 2.74. The first-order chi connectivity index (χ1) is 5.16. The number of nitrogens with one attached hydrogen (secondary N) is 1. The minimum Gasteiger partial charge on any atom is -0.480 e. The molecule has 0 aliphatic rings. The first-order valence-corrected chi connectivity index (χ1v) is 3.92. The van der Waals surface area contributed by atoms with Crippen molar-refractivity contribution in [3.63, 3.8) is 0 Å². The average Bonchev–Trinajstić information content (AvgIpc) is 1.97. The van der Waals surface area contributed by atoms with Gasteiger partial charge in [-0.1, -0.05) is 11.9 Å². The second-order valence-electron chi connectivity index (χ2n) is 1.83. The summed E-state index contributed by atoms with van der Waals surface area (Å²) in [7, 11) is 0. The van der Waals surface area contributed by atoms with Gasteiger partial charge in [-0.2, -0.15) is 0 Å². The lowest BCUT2D eigenvalue weighted by atomic mass is 10.4. The van der Waals surface area contributed by atoms with Crippen LogP contribution in [0.2, 0.25) is 0 Å². The Kier molecular flexibility index (Phi) is 5.81. The molecule has 0 radical (unpaired) electrons. The van der Waals surface area contributed by atoms with Crippen LogP contribution in [0.5, 0.6) is 0 Å². The Morgan fingerprint density at radius 2 is 2.45 bits per heavy atom. The molecular weight excluding hydrogens is 168 g/mol. The Bertz CT molecular complexity index is 142. The number of hydrogen-bond acceptors (Lipinski definition) is 5. The molecule has 11 heavy (non-hydrogen) atoms. The van der Waals surface area contributed by atoms with Gasteiger partial charge in [0.25, 0.3) is 0 Å². The van der Waals surface area contributed by atoms with Gasteiger partial charge in [0.1, 0.15) is 12.8 Å². The first-order valence-electron chi connectivity index (χ1n) is 2.94. The fourth-order valence-electron chi connectivity index (χ4n) is 0.307. The molecule has 0 amide bonds. The van der Waals surface area contributed by atoms with Crippen molar-refractivity contribution in [1.82, 2.24) is 4.72 Å². The van der Waals surface area contributed by atoms with E-state index in [2.05, 4.69) is 4.72 Å². The third-order valence-corrected chi connectivity index (χ3v) is 1.68. The van der Waals surface area contributed by atoms with Crippen LogP contribution in [0, 0.1) is 0 Å². The number of carboxylic acids is 1. The van der Waals surface area contributed by atoms with E-state index >= 15 is 0 Å². The van der Waals surface area contributed by atoms with Crippen molar-refractivity contribution in [3.8, 4) is 0 Å². The Labute approximate surface area is 68.5 Å². The predicted molar refractivity (Wildman–Crippen MR) is 42.1 cm³/mol. The zero-order valence-corrected chi connectivity index (χ0v) is 6.63. The number of carboxylic acid groups (broad SMARTS) is 1. The largest absolute Gasteiger partial charge is 0.480 e. The van der Waals surface area contributed by atoms with Crippen molar-refractivity contribution >= 4 is 24.2 Å². The Balaban J connectivity index is 3.14. The number of hydrogen-bond donors (Lipinski definition) is 3. The van der Waals surface area contributed by atoms with Gasteiger partial charge in [-0.3, -0.25) is 9.52 Å². The summed E-state index contributed by atoms with van der Waals surface area (Å²) in [5.41, 5.74) is 5.21. The zero-order valence-electron chi connectivity index (χ0n) is 5.82. The van der Waals surface area contributed by atoms with Gasteiger partial charge in [-0.05, 0) is 0 Å². The van der Waals surface area contributed by atoms with E-state index in [-0.39, 0.29) is 6.54 Å². The van der Waals surface area contributed by atoms with E-state index in [4.69, 9.17) is 10.8 Å². The van der Waals surface area contributed by atoms with Gasteiger partial charge in [0.05, 0.1) is 6.04 Å². The maximum absolute atomic E-state index is 9.95. The van der Waals surface area contributed by atoms with Crippen molar-refractivity contribution in [2.75, 3.05) is 12.3 Å². The van der Waals surface area contributed by atoms with Crippen LogP contribution in [0.15, 0.2) is 0 Å². The molecule has 0 saturated heterocycles. The Morgan fingerprint density at radius 3 is 2.91 bits per heavy atom. The van der Waals surface area contributed by atoms with Gasteiger partial charge >= 0.3 is 5.97 Å². The maximum Gasteiger partial charge on any atom is 0.318 e. The molecule has 0 aliphatic heterocycles. The number of nitrogens with two attached hydrogens (primary N) is 1. The molecular formula is C5H10N2O3S. The molecule has 4 N–H and O–H groups in total. The van der Waals surface area contributed by atoms with Crippen molar-refractivity contribution in [3.05, 3.63) is 0 Å². The number of carbonyl (C=O) groups excluding carboxylic acids is 1. The molecule has 0 fully saturated rings. The van der Waals surface area contributed by atoms with Crippen molar-refractivity contribution < 1.29 is 14.7 Å². The minimum absolute atomic E-state index is 0.129. The van der Waals surface area contributed by atoms with E-state index < -0.39 is 12.0 Å². The van der Waals surface area contributed by atoms with Crippen molar-refractivity contribution in [2.24, 2.45) is 5.73 Å². The van der Waals surface area contributed by atoms with E-state index in [1.165, 1.54) is 0 Å². The highest BCUT2D eigenvalue weighted by Crippen LogP contribution is 1.92. The van der Waals surface area contributed by atoms with Gasteiger partial charge < -0.3 is 15.6 Å². The lowest BCUT2D eigenvalue weighted by Crippen LogP contribution is -2.27. The van der Waals surface area contributed by atoms with Crippen LogP contribution in [-0.2, 0) is 9.59 Å². The molecule has 5 nitrogen and oxygen atoms in total. The summed E-state index contributed by atoms with van der Waals surface area (Å²) in [6.45, 7) is -0.129. The zero-order chi connectivity index (χ0) is 8.69. The summed E-state index contributed by atoms with van der Waals surface area (Å²) in [5, 5.41) is 8.16. The number of rotatable bonds is 6. The number of aldehydes is 1. The lowest BCUT2D eigenvalue weighted by Gasteiger charge is -2.02. The van der Waals surface area contributed by atoms with Crippen molar-refractivity contribution in [1.29, 1.82) is 0 Å². The molecule has 6 heteroatoms. The van der Waals surface area contributed by atoms with E-state index in [9.17, 15) is 9.59 Å². The van der Waals surface area contributed by atoms with Crippen LogP contribution < -0.4 is 10.5 Å². The molecule has 64 valence electrons. The van der Waals surface area contributed by atoms with Crippen LogP contribution in [0.3, 0.4) is 0 Å². The fourth-order valence-corrected chi connectivity index (χ4v) is 0.922. The highest BCUT2D eigenvalue weighted by Gasteiger charge is 2.00. The number of carbonyl (C=O) groups is 2. The number of aliphatic carboxylic acids is 1. The maximum atomic E-state index is 9.95. The molecule has 0 bridgehead atoms. The quantitative estimate of drug-likeness (QED) is 0.270.